The van der Waals surface area contributed by atoms with Gasteiger partial charge in [0.15, 0.2) is 0 Å². The van der Waals surface area contributed by atoms with Crippen molar-refractivity contribution >= 4 is 91.3 Å². The first-order chi connectivity index (χ1) is 44.8. The normalized spacial score (nSPS) is 14.4. The van der Waals surface area contributed by atoms with E-state index in [9.17, 15) is 0 Å². The summed E-state index contributed by atoms with van der Waals surface area (Å²) in [5.74, 6) is 0. The van der Waals surface area contributed by atoms with Crippen molar-refractivity contribution < 1.29 is 0 Å². The van der Waals surface area contributed by atoms with Gasteiger partial charge in [-0.2, -0.15) is 0 Å². The van der Waals surface area contributed by atoms with Gasteiger partial charge in [0.05, 0.1) is 11.4 Å². The molecular weight excluding hydrogens is 1160 g/mol. The highest BCUT2D eigenvalue weighted by molar-refractivity contribution is 7.00. The van der Waals surface area contributed by atoms with Crippen LogP contribution in [-0.4, -0.2) is 6.71 Å². The molecule has 1 aliphatic carbocycles. The first-order valence-electron chi connectivity index (χ1n) is 35.3. The summed E-state index contributed by atoms with van der Waals surface area (Å²) >= 11 is 0. The number of benzene rings is 10. The van der Waals surface area contributed by atoms with Crippen molar-refractivity contribution in [1.29, 1.82) is 0 Å². The number of anilines is 12. The zero-order chi connectivity index (χ0) is 68.9. The summed E-state index contributed by atoms with van der Waals surface area (Å²) in [5, 5.41) is 0. The molecule has 0 aromatic heterocycles. The van der Waals surface area contributed by atoms with Crippen LogP contribution in [0.1, 0.15) is 209 Å². The maximum absolute atomic E-state index is 2.73. The van der Waals surface area contributed by atoms with Gasteiger partial charge in [0, 0.05) is 67.9 Å². The molecule has 5 heteroatoms. The van der Waals surface area contributed by atoms with Gasteiger partial charge in [0.25, 0.3) is 6.71 Å². The molecule has 0 atom stereocenters. The van der Waals surface area contributed by atoms with Crippen molar-refractivity contribution in [2.24, 2.45) is 0 Å². The lowest BCUT2D eigenvalue weighted by Gasteiger charge is -2.46. The number of hydrogen-bond acceptors (Lipinski definition) is 4. The molecule has 0 fully saturated rings. The molecular formula is C91H103BN4. The van der Waals surface area contributed by atoms with Crippen molar-refractivity contribution in [3.63, 3.8) is 0 Å². The monoisotopic (exact) mass is 1260 g/mol. The van der Waals surface area contributed by atoms with Crippen molar-refractivity contribution in [1.82, 2.24) is 0 Å². The number of nitrogens with zero attached hydrogens (tertiary/aromatic N) is 4. The highest BCUT2D eigenvalue weighted by Crippen LogP contribution is 2.58. The number of rotatable bonds is 8. The minimum Gasteiger partial charge on any atom is -0.311 e. The molecule has 0 N–H and O–H groups in total. The molecule has 13 rings (SSSR count). The maximum atomic E-state index is 2.73. The van der Waals surface area contributed by atoms with E-state index in [1.807, 2.05) is 0 Å². The van der Waals surface area contributed by atoms with Crippen LogP contribution in [0.4, 0.5) is 68.2 Å². The van der Waals surface area contributed by atoms with Crippen molar-refractivity contribution in [3.8, 4) is 11.1 Å². The minimum absolute atomic E-state index is 0.0179. The Balaban J connectivity index is 1.20. The van der Waals surface area contributed by atoms with E-state index < -0.39 is 0 Å². The SMILES string of the molecule is CC(C)(C)c1ccc(N(c2ccc(C(C)(C)C)cc2)c2cc3c4c(c2)N(c2cc(N(c5ccc(C(C)(C)C)cc5)c5ccc(C(C)(C)C)cc5)cc5c2-c2ccccc2C5(C)C)c2ccc(C(C)(C)C)cc2B4c2cc(C(C)(C)C)ccc2N3c2ccc(C(C)(C)C)cc2)cc1. The van der Waals surface area contributed by atoms with E-state index in [4.69, 9.17) is 0 Å². The van der Waals surface area contributed by atoms with E-state index in [2.05, 4.69) is 385 Å². The lowest BCUT2D eigenvalue weighted by atomic mass is 9.33. The number of hydrogen-bond donors (Lipinski definition) is 0. The Morgan fingerprint density at radius 2 is 0.594 bits per heavy atom. The molecule has 0 saturated heterocycles. The smallest absolute Gasteiger partial charge is 0.252 e. The summed E-state index contributed by atoms with van der Waals surface area (Å²) in [7, 11) is 0. The van der Waals surface area contributed by atoms with Crippen LogP contribution in [0.15, 0.2) is 206 Å². The van der Waals surface area contributed by atoms with Gasteiger partial charge >= 0.3 is 0 Å². The van der Waals surface area contributed by atoms with Crippen molar-refractivity contribution in [3.05, 3.63) is 256 Å². The van der Waals surface area contributed by atoms with Gasteiger partial charge in [-0.1, -0.05) is 268 Å². The third-order valence-electron chi connectivity index (χ3n) is 21.1. The van der Waals surface area contributed by atoms with Gasteiger partial charge in [-0.15, -0.1) is 0 Å². The van der Waals surface area contributed by atoms with Gasteiger partial charge in [-0.3, -0.25) is 0 Å². The van der Waals surface area contributed by atoms with Gasteiger partial charge in [0.1, 0.15) is 0 Å². The van der Waals surface area contributed by atoms with Crippen LogP contribution in [0.25, 0.3) is 11.1 Å². The molecule has 0 bridgehead atoms. The van der Waals surface area contributed by atoms with E-state index >= 15 is 0 Å². The van der Waals surface area contributed by atoms with Gasteiger partial charge in [0.2, 0.25) is 0 Å². The Kier molecular flexibility index (Phi) is 15.7. The largest absolute Gasteiger partial charge is 0.311 e. The molecule has 0 spiro atoms. The second-order valence-corrected chi connectivity index (χ2v) is 35.8. The summed E-state index contributed by atoms with van der Waals surface area (Å²) < 4.78 is 0. The van der Waals surface area contributed by atoms with Gasteiger partial charge < -0.3 is 19.6 Å². The van der Waals surface area contributed by atoms with Crippen molar-refractivity contribution in [2.45, 2.75) is 203 Å². The molecule has 490 valence electrons. The minimum atomic E-state index is -0.361. The maximum Gasteiger partial charge on any atom is 0.252 e. The van der Waals surface area contributed by atoms with Crippen LogP contribution < -0.4 is 36.0 Å². The average molecular weight is 1260 g/mol. The van der Waals surface area contributed by atoms with E-state index in [1.54, 1.807) is 0 Å². The van der Waals surface area contributed by atoms with Crippen LogP contribution in [0, 0.1) is 0 Å². The number of fused-ring (bicyclic) bond motifs is 7. The van der Waals surface area contributed by atoms with E-state index in [0.29, 0.717) is 0 Å². The zero-order valence-electron chi connectivity index (χ0n) is 62.0. The van der Waals surface area contributed by atoms with Crippen LogP contribution in [0.2, 0.25) is 0 Å². The Bertz CT molecular complexity index is 4500. The molecule has 4 nitrogen and oxygen atoms in total. The van der Waals surface area contributed by atoms with Gasteiger partial charge in [-0.25, -0.2) is 0 Å². The molecule has 10 aromatic carbocycles. The highest BCUT2D eigenvalue weighted by atomic mass is 15.2. The van der Waals surface area contributed by atoms with Crippen LogP contribution in [-0.2, 0) is 43.3 Å². The third kappa shape index (κ3) is 11.7. The molecule has 3 aliphatic rings. The summed E-state index contributed by atoms with van der Waals surface area (Å²) in [4.78, 5) is 10.4. The van der Waals surface area contributed by atoms with Gasteiger partial charge in [-0.05, 0) is 207 Å². The Morgan fingerprint density at radius 1 is 0.281 bits per heavy atom. The first-order valence-corrected chi connectivity index (χ1v) is 35.3. The molecule has 0 radical (unpaired) electrons. The van der Waals surface area contributed by atoms with Crippen LogP contribution in [0.3, 0.4) is 0 Å². The lowest BCUT2D eigenvalue weighted by molar-refractivity contribution is 0.590. The summed E-state index contributed by atoms with van der Waals surface area (Å²) in [6.07, 6.45) is 0. The Labute approximate surface area is 577 Å². The highest BCUT2D eigenvalue weighted by Gasteiger charge is 2.47. The topological polar surface area (TPSA) is 13.0 Å². The zero-order valence-corrected chi connectivity index (χ0v) is 62.0. The molecule has 10 aromatic rings. The predicted molar refractivity (Wildman–Crippen MR) is 418 cm³/mol. The summed E-state index contributed by atoms with van der Waals surface area (Å²) in [5.41, 5.74) is 31.1. The van der Waals surface area contributed by atoms with Crippen molar-refractivity contribution in [2.75, 3.05) is 19.6 Å². The lowest BCUT2D eigenvalue weighted by Crippen LogP contribution is -2.61. The molecule has 0 unspecified atom stereocenters. The fraction of sp³-hybridized carbons (Fsp3) is 0.341. The first kappa shape index (κ1) is 66.1. The Morgan fingerprint density at radius 3 is 0.969 bits per heavy atom. The fourth-order valence-electron chi connectivity index (χ4n) is 15.1. The molecule has 2 heterocycles. The third-order valence-corrected chi connectivity index (χ3v) is 21.1. The standard InChI is InChI=1S/C91H103BN4/c1-84(2,3)58-28-40-65(41-29-58)93(66-42-30-59(31-43-66)85(4,5)6)70-54-74-82(72-26-24-25-27-73(72)91(74,22)23)79(55-70)96-78-51-39-64(90(19,20)21)53-76(78)92-75-52-63(89(16,17)18)38-50-77(75)95(69-48-36-62(37-49-69)88(13,14)15)80-56-71(57-81(96)83(80)92)94(67-44-32-60(33-45-67)86(7,8)9)68-46-34-61(35-47-68)87(10,11)12/h24-57H,1-23H3. The molecule has 0 saturated carbocycles. The fourth-order valence-corrected chi connectivity index (χ4v) is 15.1. The average Bonchev–Trinajstić information content (AvgIpc) is 0.729. The predicted octanol–water partition coefficient (Wildman–Crippen LogP) is 24.1. The van der Waals surface area contributed by atoms with E-state index in [-0.39, 0.29) is 50.0 Å². The summed E-state index contributed by atoms with van der Waals surface area (Å²) in [6.45, 7) is 53.7. The second kappa shape index (κ2) is 22.8. The molecule has 2 aliphatic heterocycles. The van der Waals surface area contributed by atoms with Crippen LogP contribution in [0.5, 0.6) is 0 Å². The second-order valence-electron chi connectivity index (χ2n) is 35.8. The Hall–Kier alpha value is -8.54. The quantitative estimate of drug-likeness (QED) is 0.141. The van der Waals surface area contributed by atoms with E-state index in [0.717, 1.165) is 51.2 Å². The molecule has 0 amide bonds. The van der Waals surface area contributed by atoms with E-state index in [1.165, 1.54) is 94.6 Å². The molecule has 96 heavy (non-hydrogen) atoms. The summed E-state index contributed by atoms with van der Waals surface area (Å²) in [6, 6.07) is 81.5. The van der Waals surface area contributed by atoms with Crippen LogP contribution >= 0.6 is 0 Å².